The van der Waals surface area contributed by atoms with Crippen molar-refractivity contribution in [1.82, 2.24) is 19.3 Å². The Hall–Kier alpha value is -0.680. The second-order valence-electron chi connectivity index (χ2n) is 5.31. The molecular weight excluding hydrogens is 280 g/mol. The van der Waals surface area contributed by atoms with E-state index in [2.05, 4.69) is 41.7 Å². The molecule has 0 N–H and O–H groups in total. The molecule has 2 rings (SSSR count). The molecule has 106 valence electrons. The molecular formula is C13H21ClN4S. The van der Waals surface area contributed by atoms with Gasteiger partial charge in [0.2, 0.25) is 0 Å². The number of aromatic nitrogens is 4. The predicted molar refractivity (Wildman–Crippen MR) is 83.0 cm³/mol. The van der Waals surface area contributed by atoms with Gasteiger partial charge in [-0.05, 0) is 26.5 Å². The van der Waals surface area contributed by atoms with E-state index in [0.29, 0.717) is 5.88 Å². The van der Waals surface area contributed by atoms with Gasteiger partial charge in [-0.1, -0.05) is 6.92 Å². The highest BCUT2D eigenvalue weighted by atomic mass is 35.5. The van der Waals surface area contributed by atoms with Gasteiger partial charge in [-0.2, -0.15) is 16.9 Å². The van der Waals surface area contributed by atoms with Gasteiger partial charge in [0.1, 0.15) is 11.3 Å². The third kappa shape index (κ3) is 2.63. The zero-order valence-electron chi connectivity index (χ0n) is 12.2. The lowest BCUT2D eigenvalue weighted by Gasteiger charge is -2.23. The van der Waals surface area contributed by atoms with Crippen molar-refractivity contribution in [2.75, 3.05) is 6.26 Å². The fourth-order valence-corrected chi connectivity index (χ4v) is 2.70. The van der Waals surface area contributed by atoms with E-state index in [-0.39, 0.29) is 4.75 Å². The highest BCUT2D eigenvalue weighted by Crippen LogP contribution is 2.28. The number of fused-ring (bicyclic) bond motifs is 1. The maximum atomic E-state index is 6.06. The van der Waals surface area contributed by atoms with Gasteiger partial charge in [0.05, 0.1) is 11.6 Å². The van der Waals surface area contributed by atoms with Gasteiger partial charge >= 0.3 is 0 Å². The minimum Gasteiger partial charge on any atom is -0.311 e. The Morgan fingerprint density at radius 1 is 1.37 bits per heavy atom. The van der Waals surface area contributed by atoms with Crippen molar-refractivity contribution in [2.45, 2.75) is 44.4 Å². The van der Waals surface area contributed by atoms with E-state index in [9.17, 15) is 0 Å². The molecule has 0 radical (unpaired) electrons. The van der Waals surface area contributed by atoms with Crippen LogP contribution in [-0.4, -0.2) is 30.3 Å². The lowest BCUT2D eigenvalue weighted by Crippen LogP contribution is -2.24. The lowest BCUT2D eigenvalue weighted by molar-refractivity contribution is 0.554. The molecule has 4 nitrogen and oxygen atoms in total. The Labute approximate surface area is 123 Å². The molecule has 6 heteroatoms. The average Bonchev–Trinajstić information content (AvgIpc) is 2.88. The SMILES string of the molecule is CCc1nn(C)c2c1nc(CCl)n2CC(C)(C)SC. The molecule has 0 fully saturated rings. The molecule has 0 aromatic carbocycles. The van der Waals surface area contributed by atoms with Gasteiger partial charge in [0, 0.05) is 18.3 Å². The summed E-state index contributed by atoms with van der Waals surface area (Å²) in [5.41, 5.74) is 3.12. The fraction of sp³-hybridized carbons (Fsp3) is 0.692. The molecule has 0 amide bonds. The number of thioether (sulfide) groups is 1. The Morgan fingerprint density at radius 3 is 2.58 bits per heavy atom. The molecule has 0 saturated carbocycles. The van der Waals surface area contributed by atoms with Crippen LogP contribution in [0.4, 0.5) is 0 Å². The van der Waals surface area contributed by atoms with Crippen molar-refractivity contribution in [3.8, 4) is 0 Å². The number of hydrogen-bond acceptors (Lipinski definition) is 3. The van der Waals surface area contributed by atoms with Crippen molar-refractivity contribution in [1.29, 1.82) is 0 Å². The standard InChI is InChI=1S/C13H21ClN4S/c1-6-9-11-12(17(4)16-9)18(10(7-14)15-11)8-13(2,3)19-5/h6-8H2,1-5H3. The van der Waals surface area contributed by atoms with Gasteiger partial charge in [0.15, 0.2) is 5.65 Å². The van der Waals surface area contributed by atoms with Crippen LogP contribution in [0, 0.1) is 0 Å². The summed E-state index contributed by atoms with van der Waals surface area (Å²) in [7, 11) is 1.98. The molecule has 2 aromatic rings. The number of imidazole rings is 1. The summed E-state index contributed by atoms with van der Waals surface area (Å²) in [6.45, 7) is 7.46. The Kier molecular flexibility index (Phi) is 4.16. The maximum Gasteiger partial charge on any atom is 0.158 e. The van der Waals surface area contributed by atoms with Gasteiger partial charge in [0.25, 0.3) is 0 Å². The monoisotopic (exact) mass is 300 g/mol. The van der Waals surface area contributed by atoms with Crippen molar-refractivity contribution >= 4 is 34.5 Å². The van der Waals surface area contributed by atoms with Crippen LogP contribution in [0.5, 0.6) is 0 Å². The van der Waals surface area contributed by atoms with Crippen LogP contribution in [0.1, 0.15) is 32.3 Å². The minimum absolute atomic E-state index is 0.144. The van der Waals surface area contributed by atoms with Gasteiger partial charge in [-0.25, -0.2) is 4.98 Å². The summed E-state index contributed by atoms with van der Waals surface area (Å²) in [6, 6.07) is 0. The number of rotatable bonds is 5. The van der Waals surface area contributed by atoms with E-state index in [1.54, 1.807) is 0 Å². The quantitative estimate of drug-likeness (QED) is 0.796. The highest BCUT2D eigenvalue weighted by molar-refractivity contribution is 7.99. The summed E-state index contributed by atoms with van der Waals surface area (Å²) in [4.78, 5) is 4.68. The predicted octanol–water partition coefficient (Wildman–Crippen LogP) is 3.21. The van der Waals surface area contributed by atoms with Crippen LogP contribution >= 0.6 is 23.4 Å². The molecule has 0 aliphatic rings. The van der Waals surface area contributed by atoms with Gasteiger partial charge < -0.3 is 4.57 Å². The van der Waals surface area contributed by atoms with E-state index < -0.39 is 0 Å². The van der Waals surface area contributed by atoms with E-state index in [4.69, 9.17) is 11.6 Å². The first kappa shape index (κ1) is 14.7. The molecule has 0 unspecified atom stereocenters. The summed E-state index contributed by atoms with van der Waals surface area (Å²) >= 11 is 7.91. The highest BCUT2D eigenvalue weighted by Gasteiger charge is 2.23. The maximum absolute atomic E-state index is 6.06. The summed E-state index contributed by atoms with van der Waals surface area (Å²) < 4.78 is 4.28. The van der Waals surface area contributed by atoms with Gasteiger partial charge in [-0.3, -0.25) is 4.68 Å². The van der Waals surface area contributed by atoms with Crippen LogP contribution in [0.2, 0.25) is 0 Å². The summed E-state index contributed by atoms with van der Waals surface area (Å²) in [5, 5.41) is 4.54. The third-order valence-corrected chi connectivity index (χ3v) is 4.89. The van der Waals surface area contributed by atoms with Crippen LogP contribution in [-0.2, 0) is 25.9 Å². The van der Waals surface area contributed by atoms with E-state index in [1.807, 2.05) is 23.5 Å². The molecule has 0 saturated heterocycles. The molecule has 0 atom stereocenters. The Bertz CT molecular complexity index is 585. The van der Waals surface area contributed by atoms with E-state index in [0.717, 1.165) is 35.6 Å². The van der Waals surface area contributed by atoms with E-state index in [1.165, 1.54) is 0 Å². The molecule has 0 aliphatic heterocycles. The third-order valence-electron chi connectivity index (χ3n) is 3.42. The van der Waals surface area contributed by atoms with E-state index >= 15 is 0 Å². The second kappa shape index (κ2) is 5.37. The minimum atomic E-state index is 0.144. The molecule has 19 heavy (non-hydrogen) atoms. The first-order valence-electron chi connectivity index (χ1n) is 6.45. The first-order valence-corrected chi connectivity index (χ1v) is 8.21. The second-order valence-corrected chi connectivity index (χ2v) is 7.09. The molecule has 0 aliphatic carbocycles. The normalized spacial score (nSPS) is 12.5. The number of nitrogens with zero attached hydrogens (tertiary/aromatic N) is 4. The lowest BCUT2D eigenvalue weighted by atomic mass is 10.2. The number of aryl methyl sites for hydroxylation is 2. The molecule has 0 bridgehead atoms. The van der Waals surface area contributed by atoms with Crippen molar-refractivity contribution < 1.29 is 0 Å². The van der Waals surface area contributed by atoms with Crippen molar-refractivity contribution in [3.05, 3.63) is 11.5 Å². The Balaban J connectivity index is 2.60. The topological polar surface area (TPSA) is 35.6 Å². The first-order chi connectivity index (χ1) is 8.93. The molecule has 0 spiro atoms. The van der Waals surface area contributed by atoms with Crippen molar-refractivity contribution in [2.24, 2.45) is 7.05 Å². The van der Waals surface area contributed by atoms with Crippen LogP contribution in [0.3, 0.4) is 0 Å². The van der Waals surface area contributed by atoms with Crippen LogP contribution in [0.25, 0.3) is 11.2 Å². The van der Waals surface area contributed by atoms with Crippen molar-refractivity contribution in [3.63, 3.8) is 0 Å². The van der Waals surface area contributed by atoms with Crippen LogP contribution in [0.15, 0.2) is 0 Å². The number of alkyl halides is 1. The fourth-order valence-electron chi connectivity index (χ4n) is 2.24. The average molecular weight is 301 g/mol. The molecule has 2 aromatic heterocycles. The smallest absolute Gasteiger partial charge is 0.158 e. The molecule has 2 heterocycles. The number of halogens is 1. The largest absolute Gasteiger partial charge is 0.311 e. The van der Waals surface area contributed by atoms with Crippen LogP contribution < -0.4 is 0 Å². The summed E-state index contributed by atoms with van der Waals surface area (Å²) in [6.07, 6.45) is 3.03. The Morgan fingerprint density at radius 2 is 2.05 bits per heavy atom. The zero-order valence-corrected chi connectivity index (χ0v) is 13.8. The van der Waals surface area contributed by atoms with Gasteiger partial charge in [-0.15, -0.1) is 11.6 Å². The summed E-state index contributed by atoms with van der Waals surface area (Å²) in [5.74, 6) is 1.36. The zero-order chi connectivity index (χ0) is 14.2. The number of hydrogen-bond donors (Lipinski definition) is 0.